The third-order valence-corrected chi connectivity index (χ3v) is 2.38. The van der Waals surface area contributed by atoms with E-state index in [4.69, 9.17) is 0 Å². The lowest BCUT2D eigenvalue weighted by Gasteiger charge is -1.92. The number of halogens is 1. The number of hydrogen-bond donors (Lipinski definition) is 0. The Hall–Kier alpha value is 0.720. The highest BCUT2D eigenvalue weighted by molar-refractivity contribution is 7.55. The maximum absolute atomic E-state index is 2.38. The summed E-state index contributed by atoms with van der Waals surface area (Å²) < 4.78 is 0. The molecule has 52 valence electrons. The van der Waals surface area contributed by atoms with Crippen LogP contribution in [0, 0.1) is 0 Å². The van der Waals surface area contributed by atoms with Crippen LogP contribution in [0.25, 0.3) is 0 Å². The van der Waals surface area contributed by atoms with Crippen molar-refractivity contribution in [2.24, 2.45) is 0 Å². The Labute approximate surface area is 60.2 Å². The summed E-state index contributed by atoms with van der Waals surface area (Å²) in [7, 11) is 0.103. The number of rotatable bonds is 3. The molecule has 0 N–H and O–H groups in total. The van der Waals surface area contributed by atoms with Gasteiger partial charge in [0.05, 0.1) is 6.16 Å². The minimum atomic E-state index is 0. The molecule has 0 atom stereocenters. The predicted octanol–water partition coefficient (Wildman–Crippen LogP) is -0.736. The molecule has 0 rings (SSSR count). The zero-order valence-electron chi connectivity index (χ0n) is 6.00. The highest BCUT2D eigenvalue weighted by atomic mass is 35.5. The summed E-state index contributed by atoms with van der Waals surface area (Å²) in [6.45, 7) is 7.01. The van der Waals surface area contributed by atoms with E-state index >= 15 is 0 Å². The van der Waals surface area contributed by atoms with Gasteiger partial charge in [0.15, 0.2) is 0 Å². The summed E-state index contributed by atoms with van der Waals surface area (Å²) >= 11 is 0. The summed E-state index contributed by atoms with van der Waals surface area (Å²) in [6, 6.07) is 0. The molecular weight excluding hydrogens is 138 g/mol. The van der Waals surface area contributed by atoms with Gasteiger partial charge in [0.25, 0.3) is 0 Å². The molecule has 0 unspecified atom stereocenters. The Morgan fingerprint density at radius 3 is 1.88 bits per heavy atom. The molecule has 0 aliphatic rings. The second kappa shape index (κ2) is 7.72. The summed E-state index contributed by atoms with van der Waals surface area (Å²) in [4.78, 5) is 0. The SMILES string of the molecule is CCCC[PH+](C)C.[Cl-]. The van der Waals surface area contributed by atoms with Crippen LogP contribution in [0.5, 0.6) is 0 Å². The van der Waals surface area contributed by atoms with E-state index in [0.29, 0.717) is 0 Å². The average molecular weight is 155 g/mol. The Morgan fingerprint density at radius 1 is 1.25 bits per heavy atom. The summed E-state index contributed by atoms with van der Waals surface area (Å²) in [5.41, 5.74) is 0. The quantitative estimate of drug-likeness (QED) is 0.470. The molecule has 0 amide bonds. The minimum absolute atomic E-state index is 0. The van der Waals surface area contributed by atoms with Crippen molar-refractivity contribution in [2.75, 3.05) is 19.5 Å². The Bertz CT molecular complexity index is 37.5. The van der Waals surface area contributed by atoms with Gasteiger partial charge in [0.1, 0.15) is 0 Å². The van der Waals surface area contributed by atoms with E-state index in [0.717, 1.165) is 0 Å². The highest BCUT2D eigenvalue weighted by Gasteiger charge is 1.95. The average Bonchev–Trinajstić information content (AvgIpc) is 1.61. The van der Waals surface area contributed by atoms with Crippen LogP contribution in [0.3, 0.4) is 0 Å². The van der Waals surface area contributed by atoms with Crippen molar-refractivity contribution in [1.29, 1.82) is 0 Å². The van der Waals surface area contributed by atoms with E-state index in [9.17, 15) is 0 Å². The highest BCUT2D eigenvalue weighted by Crippen LogP contribution is 2.25. The molecular formula is C6H16ClP. The van der Waals surface area contributed by atoms with Crippen LogP contribution in [-0.2, 0) is 0 Å². The fourth-order valence-corrected chi connectivity index (χ4v) is 1.59. The first kappa shape index (κ1) is 11.5. The van der Waals surface area contributed by atoms with Crippen molar-refractivity contribution in [3.63, 3.8) is 0 Å². The van der Waals surface area contributed by atoms with Gasteiger partial charge in [0.2, 0.25) is 0 Å². The van der Waals surface area contributed by atoms with Crippen LogP contribution >= 0.6 is 7.92 Å². The van der Waals surface area contributed by atoms with Gasteiger partial charge in [-0.15, -0.1) is 0 Å². The molecule has 0 spiro atoms. The Kier molecular flexibility index (Phi) is 11.1. The molecule has 0 bridgehead atoms. The van der Waals surface area contributed by atoms with Crippen molar-refractivity contribution in [2.45, 2.75) is 19.8 Å². The van der Waals surface area contributed by atoms with Crippen molar-refractivity contribution in [3.05, 3.63) is 0 Å². The topological polar surface area (TPSA) is 0 Å². The van der Waals surface area contributed by atoms with E-state index in [1.165, 1.54) is 19.0 Å². The van der Waals surface area contributed by atoms with Crippen LogP contribution in [-0.4, -0.2) is 19.5 Å². The molecule has 2 heteroatoms. The number of unbranched alkanes of at least 4 members (excludes halogenated alkanes) is 1. The molecule has 0 aromatic heterocycles. The smallest absolute Gasteiger partial charge is 0.0566 e. The molecule has 0 heterocycles. The molecule has 0 aliphatic heterocycles. The first-order valence-electron chi connectivity index (χ1n) is 3.06. The first-order valence-corrected chi connectivity index (χ1v) is 5.77. The van der Waals surface area contributed by atoms with E-state index in [-0.39, 0.29) is 20.3 Å². The molecule has 0 saturated heterocycles. The fourth-order valence-electron chi connectivity index (χ4n) is 0.530. The van der Waals surface area contributed by atoms with Crippen molar-refractivity contribution >= 4 is 7.92 Å². The third-order valence-electron chi connectivity index (χ3n) is 1.03. The van der Waals surface area contributed by atoms with Gasteiger partial charge in [0, 0.05) is 13.3 Å². The molecule has 0 aliphatic carbocycles. The molecule has 8 heavy (non-hydrogen) atoms. The second-order valence-electron chi connectivity index (χ2n) is 2.31. The predicted molar refractivity (Wildman–Crippen MR) is 39.9 cm³/mol. The van der Waals surface area contributed by atoms with Crippen LogP contribution < -0.4 is 12.4 Å². The molecule has 0 fully saturated rings. The largest absolute Gasteiger partial charge is 1.00 e. The van der Waals surface area contributed by atoms with Gasteiger partial charge in [-0.05, 0) is 14.3 Å². The molecule has 0 aromatic rings. The maximum atomic E-state index is 2.38. The van der Waals surface area contributed by atoms with Crippen molar-refractivity contribution < 1.29 is 12.4 Å². The van der Waals surface area contributed by atoms with Gasteiger partial charge in [-0.2, -0.15) is 0 Å². The van der Waals surface area contributed by atoms with E-state index < -0.39 is 0 Å². The Morgan fingerprint density at radius 2 is 1.75 bits per heavy atom. The molecule has 0 radical (unpaired) electrons. The van der Waals surface area contributed by atoms with Crippen LogP contribution in [0.15, 0.2) is 0 Å². The zero-order valence-corrected chi connectivity index (χ0v) is 7.76. The van der Waals surface area contributed by atoms with Crippen LogP contribution in [0.1, 0.15) is 19.8 Å². The lowest BCUT2D eigenvalue weighted by atomic mass is 10.4. The zero-order chi connectivity index (χ0) is 5.70. The van der Waals surface area contributed by atoms with Crippen LogP contribution in [0.2, 0.25) is 0 Å². The lowest BCUT2D eigenvalue weighted by Crippen LogP contribution is -3.00. The third kappa shape index (κ3) is 9.87. The van der Waals surface area contributed by atoms with Gasteiger partial charge in [-0.25, -0.2) is 0 Å². The van der Waals surface area contributed by atoms with E-state index in [2.05, 4.69) is 20.3 Å². The number of hydrogen-bond acceptors (Lipinski definition) is 0. The normalized spacial score (nSPS) is 9.00. The van der Waals surface area contributed by atoms with Gasteiger partial charge < -0.3 is 12.4 Å². The minimum Gasteiger partial charge on any atom is -1.00 e. The molecule has 0 nitrogen and oxygen atoms in total. The molecule has 0 saturated carbocycles. The van der Waals surface area contributed by atoms with Crippen LogP contribution in [0.4, 0.5) is 0 Å². The summed E-state index contributed by atoms with van der Waals surface area (Å²) in [5, 5.41) is 0. The van der Waals surface area contributed by atoms with Gasteiger partial charge in [-0.3, -0.25) is 0 Å². The molecule has 0 aromatic carbocycles. The fraction of sp³-hybridized carbons (Fsp3) is 1.00. The summed E-state index contributed by atoms with van der Waals surface area (Å²) in [5.74, 6) is 0. The van der Waals surface area contributed by atoms with Gasteiger partial charge >= 0.3 is 0 Å². The standard InChI is InChI=1S/C6H15P.ClH/c1-4-5-6-7(2)3;/h4-6H2,1-3H3;1H. The Balaban J connectivity index is 0. The van der Waals surface area contributed by atoms with Gasteiger partial charge in [-0.1, -0.05) is 13.3 Å². The first-order chi connectivity index (χ1) is 3.27. The van der Waals surface area contributed by atoms with E-state index in [1.54, 1.807) is 0 Å². The summed E-state index contributed by atoms with van der Waals surface area (Å²) in [6.07, 6.45) is 4.32. The maximum Gasteiger partial charge on any atom is 0.0566 e. The second-order valence-corrected chi connectivity index (χ2v) is 5.22. The monoisotopic (exact) mass is 154 g/mol. The van der Waals surface area contributed by atoms with E-state index in [1.807, 2.05) is 0 Å². The van der Waals surface area contributed by atoms with Crippen molar-refractivity contribution in [3.8, 4) is 0 Å². The lowest BCUT2D eigenvalue weighted by molar-refractivity contribution is -0.00000173. The van der Waals surface area contributed by atoms with Crippen molar-refractivity contribution in [1.82, 2.24) is 0 Å².